The molecule has 0 amide bonds. The second-order valence-electron chi connectivity index (χ2n) is 4.27. The molecule has 5 nitrogen and oxygen atoms in total. The quantitative estimate of drug-likeness (QED) is 0.573. The summed E-state index contributed by atoms with van der Waals surface area (Å²) in [5, 5.41) is 15.7. The molecule has 0 bridgehead atoms. The summed E-state index contributed by atoms with van der Waals surface area (Å²) < 4.78 is 0. The molecule has 2 heterocycles. The average molecular weight is 219 g/mol. The molecule has 16 heavy (non-hydrogen) atoms. The van der Waals surface area contributed by atoms with Crippen LogP contribution in [0.5, 0.6) is 0 Å². The Balaban J connectivity index is 2.09. The van der Waals surface area contributed by atoms with E-state index in [1.807, 2.05) is 19.1 Å². The number of anilines is 1. The zero-order valence-electron chi connectivity index (χ0n) is 9.48. The van der Waals surface area contributed by atoms with Crippen LogP contribution >= 0.6 is 0 Å². The van der Waals surface area contributed by atoms with Gasteiger partial charge in [-0.25, -0.2) is 0 Å². The Morgan fingerprint density at radius 1 is 1.50 bits per heavy atom. The molecular formula is C11H17N5. The number of piperidine rings is 1. The van der Waals surface area contributed by atoms with Gasteiger partial charge in [-0.1, -0.05) is 0 Å². The number of amidine groups is 1. The molecule has 1 atom stereocenters. The van der Waals surface area contributed by atoms with Crippen molar-refractivity contribution >= 4 is 11.7 Å². The van der Waals surface area contributed by atoms with Crippen LogP contribution in [0.15, 0.2) is 12.1 Å². The van der Waals surface area contributed by atoms with E-state index in [1.54, 1.807) is 0 Å². The number of aromatic nitrogens is 2. The molecule has 5 heteroatoms. The van der Waals surface area contributed by atoms with Crippen molar-refractivity contribution in [1.82, 2.24) is 10.2 Å². The first-order valence-corrected chi connectivity index (χ1v) is 5.56. The normalized spacial score (nSPS) is 20.8. The summed E-state index contributed by atoms with van der Waals surface area (Å²) in [5.41, 5.74) is 6.47. The predicted molar refractivity (Wildman–Crippen MR) is 63.6 cm³/mol. The molecule has 86 valence electrons. The molecule has 1 unspecified atom stereocenters. The third kappa shape index (κ3) is 2.29. The molecule has 1 aliphatic rings. The first-order valence-electron chi connectivity index (χ1n) is 5.56. The molecule has 1 fully saturated rings. The Labute approximate surface area is 95.2 Å². The monoisotopic (exact) mass is 219 g/mol. The van der Waals surface area contributed by atoms with Gasteiger partial charge in [0.15, 0.2) is 5.82 Å². The van der Waals surface area contributed by atoms with Crippen LogP contribution in [-0.4, -0.2) is 29.1 Å². The first-order chi connectivity index (χ1) is 7.66. The summed E-state index contributed by atoms with van der Waals surface area (Å²) in [7, 11) is 0. The number of hydrogen-bond acceptors (Lipinski definition) is 4. The fourth-order valence-electron chi connectivity index (χ4n) is 2.00. The standard InChI is InChI=1S/C11H17N5/c1-8-4-5-10(15-14-8)16-6-2-3-9(7-16)11(12)13/h4-5,9H,2-3,6-7H2,1H3,(H3,12,13). The fraction of sp³-hybridized carbons (Fsp3) is 0.545. The highest BCUT2D eigenvalue weighted by atomic mass is 15.3. The lowest BCUT2D eigenvalue weighted by Crippen LogP contribution is -2.41. The van der Waals surface area contributed by atoms with Crippen molar-refractivity contribution in [1.29, 1.82) is 5.41 Å². The van der Waals surface area contributed by atoms with Crippen LogP contribution < -0.4 is 10.6 Å². The summed E-state index contributed by atoms with van der Waals surface area (Å²) in [6, 6.07) is 3.94. The van der Waals surface area contributed by atoms with Gasteiger partial charge in [-0.3, -0.25) is 5.41 Å². The smallest absolute Gasteiger partial charge is 0.151 e. The second-order valence-corrected chi connectivity index (χ2v) is 4.27. The lowest BCUT2D eigenvalue weighted by Gasteiger charge is -2.32. The van der Waals surface area contributed by atoms with Gasteiger partial charge < -0.3 is 10.6 Å². The maximum absolute atomic E-state index is 7.49. The van der Waals surface area contributed by atoms with Gasteiger partial charge in [0, 0.05) is 19.0 Å². The SMILES string of the molecule is Cc1ccc(N2CCCC(C(=N)N)C2)nn1. The van der Waals surface area contributed by atoms with Crippen LogP contribution in [0.25, 0.3) is 0 Å². The number of rotatable bonds is 2. The molecule has 0 spiro atoms. The van der Waals surface area contributed by atoms with Crippen molar-refractivity contribution in [3.8, 4) is 0 Å². The van der Waals surface area contributed by atoms with E-state index in [4.69, 9.17) is 11.1 Å². The highest BCUT2D eigenvalue weighted by molar-refractivity contribution is 5.80. The van der Waals surface area contributed by atoms with Crippen molar-refractivity contribution in [2.75, 3.05) is 18.0 Å². The minimum absolute atomic E-state index is 0.164. The maximum Gasteiger partial charge on any atom is 0.151 e. The van der Waals surface area contributed by atoms with Crippen LogP contribution in [-0.2, 0) is 0 Å². The van der Waals surface area contributed by atoms with Crippen molar-refractivity contribution in [2.45, 2.75) is 19.8 Å². The van der Waals surface area contributed by atoms with E-state index in [2.05, 4.69) is 15.1 Å². The second kappa shape index (κ2) is 4.47. The lowest BCUT2D eigenvalue weighted by atomic mass is 9.97. The van der Waals surface area contributed by atoms with Gasteiger partial charge in [0.05, 0.1) is 11.5 Å². The third-order valence-corrected chi connectivity index (χ3v) is 2.97. The Morgan fingerprint density at radius 2 is 2.31 bits per heavy atom. The first kappa shape index (κ1) is 10.9. The summed E-state index contributed by atoms with van der Waals surface area (Å²) in [6.45, 7) is 3.68. The number of nitrogens with one attached hydrogen (secondary N) is 1. The number of nitrogens with two attached hydrogens (primary N) is 1. The Hall–Kier alpha value is -1.65. The van der Waals surface area contributed by atoms with Crippen LogP contribution in [0.3, 0.4) is 0 Å². The van der Waals surface area contributed by atoms with Crippen LogP contribution in [0.1, 0.15) is 18.5 Å². The van der Waals surface area contributed by atoms with Crippen molar-refractivity contribution < 1.29 is 0 Å². The van der Waals surface area contributed by atoms with E-state index in [0.717, 1.165) is 37.4 Å². The van der Waals surface area contributed by atoms with E-state index < -0.39 is 0 Å². The Kier molecular flexibility index (Phi) is 3.03. The Morgan fingerprint density at radius 3 is 2.94 bits per heavy atom. The number of hydrogen-bond donors (Lipinski definition) is 2. The van der Waals surface area contributed by atoms with E-state index in [-0.39, 0.29) is 11.8 Å². The average Bonchev–Trinajstić information content (AvgIpc) is 2.30. The van der Waals surface area contributed by atoms with Crippen LogP contribution in [0.4, 0.5) is 5.82 Å². The van der Waals surface area contributed by atoms with Crippen molar-refractivity contribution in [2.24, 2.45) is 11.7 Å². The molecular weight excluding hydrogens is 202 g/mol. The van der Waals surface area contributed by atoms with Gasteiger partial charge in [0.25, 0.3) is 0 Å². The van der Waals surface area contributed by atoms with Gasteiger partial charge in [-0.2, -0.15) is 5.10 Å². The van der Waals surface area contributed by atoms with E-state index in [1.165, 1.54) is 0 Å². The summed E-state index contributed by atoms with van der Waals surface area (Å²) in [6.07, 6.45) is 2.06. The zero-order chi connectivity index (χ0) is 11.5. The fourth-order valence-corrected chi connectivity index (χ4v) is 2.00. The maximum atomic E-state index is 7.49. The Bertz CT molecular complexity index is 372. The van der Waals surface area contributed by atoms with E-state index in [9.17, 15) is 0 Å². The number of aryl methyl sites for hydroxylation is 1. The zero-order valence-corrected chi connectivity index (χ0v) is 9.48. The topological polar surface area (TPSA) is 78.9 Å². The lowest BCUT2D eigenvalue weighted by molar-refractivity contribution is 0.498. The summed E-state index contributed by atoms with van der Waals surface area (Å²) >= 11 is 0. The minimum Gasteiger partial charge on any atom is -0.387 e. The third-order valence-electron chi connectivity index (χ3n) is 2.97. The van der Waals surface area contributed by atoms with E-state index in [0.29, 0.717) is 0 Å². The predicted octanol–water partition coefficient (Wildman–Crippen LogP) is 0.937. The van der Waals surface area contributed by atoms with Gasteiger partial charge in [0.1, 0.15) is 0 Å². The van der Waals surface area contributed by atoms with Gasteiger partial charge >= 0.3 is 0 Å². The molecule has 1 aromatic rings. The molecule has 1 aromatic heterocycles. The molecule has 2 rings (SSSR count). The summed E-state index contributed by atoms with van der Waals surface area (Å²) in [4.78, 5) is 2.15. The van der Waals surface area contributed by atoms with Gasteiger partial charge in [0.2, 0.25) is 0 Å². The van der Waals surface area contributed by atoms with Crippen LogP contribution in [0.2, 0.25) is 0 Å². The molecule has 0 aliphatic carbocycles. The molecule has 0 radical (unpaired) electrons. The highest BCUT2D eigenvalue weighted by Crippen LogP contribution is 2.20. The molecule has 3 N–H and O–H groups in total. The van der Waals surface area contributed by atoms with Gasteiger partial charge in [-0.05, 0) is 31.9 Å². The molecule has 0 saturated carbocycles. The largest absolute Gasteiger partial charge is 0.387 e. The molecule has 1 aliphatic heterocycles. The molecule has 0 aromatic carbocycles. The van der Waals surface area contributed by atoms with E-state index >= 15 is 0 Å². The number of nitrogens with zero attached hydrogens (tertiary/aromatic N) is 3. The highest BCUT2D eigenvalue weighted by Gasteiger charge is 2.22. The molecule has 1 saturated heterocycles. The van der Waals surface area contributed by atoms with Gasteiger partial charge in [-0.15, -0.1) is 5.10 Å². The van der Waals surface area contributed by atoms with Crippen LogP contribution in [0, 0.1) is 18.3 Å². The summed E-state index contributed by atoms with van der Waals surface area (Å²) in [5.74, 6) is 1.33. The van der Waals surface area contributed by atoms with Crippen molar-refractivity contribution in [3.05, 3.63) is 17.8 Å². The van der Waals surface area contributed by atoms with Crippen molar-refractivity contribution in [3.63, 3.8) is 0 Å². The minimum atomic E-state index is 0.164.